The molecule has 0 bridgehead atoms. The van der Waals surface area contributed by atoms with Gasteiger partial charge in [0, 0.05) is 0 Å². The number of rotatable bonds is 0. The molecule has 0 heteroatoms. The van der Waals surface area contributed by atoms with E-state index in [0.717, 1.165) is 17.8 Å². The van der Waals surface area contributed by atoms with Crippen LogP contribution in [0.3, 0.4) is 0 Å². The summed E-state index contributed by atoms with van der Waals surface area (Å²) in [7, 11) is 0. The Balaban J connectivity index is -0.000000600. The Bertz CT molecular complexity index is 993. The lowest BCUT2D eigenvalue weighted by Crippen LogP contribution is -2.35. The molecule has 0 spiro atoms. The molecule has 0 aliphatic heterocycles. The molecule has 332 valence electrons. The summed E-state index contributed by atoms with van der Waals surface area (Å²) in [5.74, 6) is 2.82. The zero-order chi connectivity index (χ0) is 44.8. The molecule has 0 N–H and O–H groups in total. The third-order valence-corrected chi connectivity index (χ3v) is 15.0. The molecular weight excluding hydrogens is 685 g/mol. The van der Waals surface area contributed by atoms with Gasteiger partial charge in [0.1, 0.15) is 0 Å². The molecule has 0 saturated heterocycles. The van der Waals surface area contributed by atoms with E-state index in [4.69, 9.17) is 0 Å². The minimum absolute atomic E-state index is 0.443. The van der Waals surface area contributed by atoms with Crippen molar-refractivity contribution in [2.75, 3.05) is 0 Å². The SMILES string of the molecule is C#C.C#C.C#C.C1CCCCC1.C=C1CCCCC1(C)C.C=C1CCCCC1C.CC1(C)CCCC(C)(C)C1.CC1(C)CCCCC1(C)C.CC1CCCCC1C. The minimum Gasteiger partial charge on any atom is -0.124 e. The highest BCUT2D eigenvalue weighted by Gasteiger charge is 2.38. The second-order valence-electron chi connectivity index (χ2n) is 22.2. The molecule has 57 heavy (non-hydrogen) atoms. The van der Waals surface area contributed by atoms with Crippen molar-refractivity contribution in [1.82, 2.24) is 0 Å². The largest absolute Gasteiger partial charge is 0.124 e. The maximum Gasteiger partial charge on any atom is -0.0147 e. The maximum atomic E-state index is 4.07. The first kappa shape index (κ1) is 59.5. The smallest absolute Gasteiger partial charge is 0.0147 e. The molecule has 6 aliphatic rings. The van der Waals surface area contributed by atoms with Crippen LogP contribution in [0.4, 0.5) is 0 Å². The monoisotopic (exact) mass is 789 g/mol. The van der Waals surface area contributed by atoms with Crippen LogP contribution in [0.2, 0.25) is 0 Å². The van der Waals surface area contributed by atoms with Crippen molar-refractivity contribution < 1.29 is 0 Å². The van der Waals surface area contributed by atoms with Crippen molar-refractivity contribution in [1.29, 1.82) is 0 Å². The van der Waals surface area contributed by atoms with E-state index in [1.807, 2.05) is 0 Å². The van der Waals surface area contributed by atoms with Crippen LogP contribution >= 0.6 is 0 Å². The van der Waals surface area contributed by atoms with Gasteiger partial charge in [-0.3, -0.25) is 0 Å². The summed E-state index contributed by atoms with van der Waals surface area (Å²) < 4.78 is 0. The first-order valence-corrected chi connectivity index (χ1v) is 24.0. The predicted molar refractivity (Wildman–Crippen MR) is 264 cm³/mol. The fourth-order valence-electron chi connectivity index (χ4n) is 9.56. The average Bonchev–Trinajstić information content (AvgIpc) is 3.17. The molecule has 0 amide bonds. The zero-order valence-electron chi connectivity index (χ0n) is 41.5. The van der Waals surface area contributed by atoms with E-state index in [0.29, 0.717) is 27.1 Å². The Morgan fingerprint density at radius 1 is 0.404 bits per heavy atom. The predicted octanol–water partition coefficient (Wildman–Crippen LogP) is 19.0. The Morgan fingerprint density at radius 2 is 0.754 bits per heavy atom. The molecule has 6 aliphatic carbocycles. The van der Waals surface area contributed by atoms with Crippen LogP contribution in [0, 0.1) is 83.4 Å². The third-order valence-electron chi connectivity index (χ3n) is 15.0. The topological polar surface area (TPSA) is 0 Å². The van der Waals surface area contributed by atoms with Crippen molar-refractivity contribution in [3.8, 4) is 38.5 Å². The van der Waals surface area contributed by atoms with Gasteiger partial charge in [0.25, 0.3) is 0 Å². The van der Waals surface area contributed by atoms with Gasteiger partial charge in [-0.15, -0.1) is 38.5 Å². The van der Waals surface area contributed by atoms with Crippen LogP contribution in [-0.2, 0) is 0 Å². The van der Waals surface area contributed by atoms with E-state index >= 15 is 0 Å². The first-order valence-electron chi connectivity index (χ1n) is 24.0. The van der Waals surface area contributed by atoms with Gasteiger partial charge in [0.15, 0.2) is 0 Å². The fraction of sp³-hybridized carbons (Fsp3) is 0.825. The Labute approximate surface area is 363 Å². The number of terminal acetylenes is 3. The maximum absolute atomic E-state index is 4.07. The fourth-order valence-corrected chi connectivity index (χ4v) is 9.56. The van der Waals surface area contributed by atoms with Gasteiger partial charge in [-0.2, -0.15) is 0 Å². The molecule has 0 nitrogen and oxygen atoms in total. The molecular formula is C57H104. The molecule has 3 atom stereocenters. The van der Waals surface area contributed by atoms with Gasteiger partial charge >= 0.3 is 0 Å². The number of hydrogen-bond acceptors (Lipinski definition) is 0. The summed E-state index contributed by atoms with van der Waals surface area (Å²) in [6.07, 6.45) is 61.1. The van der Waals surface area contributed by atoms with Crippen LogP contribution in [0.1, 0.15) is 257 Å². The van der Waals surface area contributed by atoms with Gasteiger partial charge in [-0.1, -0.05) is 211 Å². The van der Waals surface area contributed by atoms with E-state index in [1.165, 1.54) is 178 Å². The van der Waals surface area contributed by atoms with Gasteiger partial charge in [-0.05, 0) is 115 Å². The summed E-state index contributed by atoms with van der Waals surface area (Å²) >= 11 is 0. The van der Waals surface area contributed by atoms with Crippen LogP contribution in [0.25, 0.3) is 0 Å². The summed E-state index contributed by atoms with van der Waals surface area (Å²) in [6.45, 7) is 38.9. The van der Waals surface area contributed by atoms with E-state index in [1.54, 1.807) is 0 Å². The third kappa shape index (κ3) is 28.3. The van der Waals surface area contributed by atoms with Gasteiger partial charge < -0.3 is 0 Å². The van der Waals surface area contributed by atoms with E-state index in [2.05, 4.69) is 142 Å². The Hall–Kier alpha value is -1.84. The minimum atomic E-state index is 0.443. The lowest BCUT2D eigenvalue weighted by atomic mass is 9.60. The highest BCUT2D eigenvalue weighted by Crippen LogP contribution is 2.49. The van der Waals surface area contributed by atoms with E-state index in [-0.39, 0.29) is 0 Å². The molecule has 6 saturated carbocycles. The zero-order valence-corrected chi connectivity index (χ0v) is 41.5. The lowest BCUT2D eigenvalue weighted by Gasteiger charge is -2.45. The van der Waals surface area contributed by atoms with Crippen LogP contribution in [0.15, 0.2) is 24.3 Å². The molecule has 0 heterocycles. The van der Waals surface area contributed by atoms with Crippen molar-refractivity contribution in [2.24, 2.45) is 44.8 Å². The van der Waals surface area contributed by atoms with Crippen LogP contribution in [-0.4, -0.2) is 0 Å². The van der Waals surface area contributed by atoms with Crippen molar-refractivity contribution in [3.05, 3.63) is 24.3 Å². The van der Waals surface area contributed by atoms with E-state index in [9.17, 15) is 0 Å². The van der Waals surface area contributed by atoms with Crippen molar-refractivity contribution in [3.63, 3.8) is 0 Å². The molecule has 0 radical (unpaired) electrons. The van der Waals surface area contributed by atoms with Gasteiger partial charge in [0.2, 0.25) is 0 Å². The molecule has 0 aromatic heterocycles. The number of allylic oxidation sites excluding steroid dienone is 2. The van der Waals surface area contributed by atoms with Crippen LogP contribution < -0.4 is 0 Å². The van der Waals surface area contributed by atoms with Crippen LogP contribution in [0.5, 0.6) is 0 Å². The Morgan fingerprint density at radius 3 is 0.982 bits per heavy atom. The second-order valence-corrected chi connectivity index (χ2v) is 22.2. The summed E-state index contributed by atoms with van der Waals surface area (Å²) in [6, 6.07) is 0. The summed E-state index contributed by atoms with van der Waals surface area (Å²) in [5, 5.41) is 0. The van der Waals surface area contributed by atoms with Gasteiger partial charge in [0.05, 0.1) is 0 Å². The summed E-state index contributed by atoms with van der Waals surface area (Å²) in [5.41, 5.74) is 5.74. The van der Waals surface area contributed by atoms with Crippen molar-refractivity contribution >= 4 is 0 Å². The molecule has 0 aromatic rings. The first-order chi connectivity index (χ1) is 26.6. The summed E-state index contributed by atoms with van der Waals surface area (Å²) in [4.78, 5) is 0. The highest BCUT2D eigenvalue weighted by atomic mass is 14.4. The lowest BCUT2D eigenvalue weighted by molar-refractivity contribution is 0.0520. The Kier molecular flexibility index (Phi) is 33.4. The van der Waals surface area contributed by atoms with E-state index < -0.39 is 0 Å². The molecule has 0 aromatic carbocycles. The average molecular weight is 789 g/mol. The number of hydrogen-bond donors (Lipinski definition) is 0. The second kappa shape index (κ2) is 32.0. The van der Waals surface area contributed by atoms with Crippen molar-refractivity contribution in [2.45, 2.75) is 257 Å². The molecule has 3 unspecified atom stereocenters. The quantitative estimate of drug-likeness (QED) is 0.169. The highest BCUT2D eigenvalue weighted by molar-refractivity contribution is 5.09. The molecule has 6 rings (SSSR count). The molecule has 6 fully saturated rings. The standard InChI is InChI=1S/2C10H20.C9H16.C8H16.C8H14.C6H12.3C2H2/c1-9(2)6-5-7-10(3,4)8-9;1-9(2)7-5-6-8-10(9,3)4;1-8-6-4-5-7-9(8,2)3;2*1-7-5-3-4-6-8(7)2;1-2-4-6-5-3-1;3*1-2/h2*5-8H2,1-4H3;1,4-7H2,2-3H3;7-8H,3-6H2,1-2H3;8H,1,3-6H2,2H3;1-6H2;3*1-2H. The normalized spacial score (nSPS) is 27.2. The van der Waals surface area contributed by atoms with Gasteiger partial charge in [-0.25, -0.2) is 0 Å².